The number of hydrogen-bond donors (Lipinski definition) is 0. The summed E-state index contributed by atoms with van der Waals surface area (Å²) in [6.45, 7) is 0. The Morgan fingerprint density at radius 1 is 1.15 bits per heavy atom. The molecule has 1 saturated heterocycles. The Hall–Kier alpha value is -1.93. The predicted molar refractivity (Wildman–Crippen MR) is 105 cm³/mol. The molecule has 0 bridgehead atoms. The molecule has 2 fully saturated rings. The lowest BCUT2D eigenvalue weighted by Gasteiger charge is -2.28. The van der Waals surface area contributed by atoms with Gasteiger partial charge in [0.25, 0.3) is 5.91 Å². The number of carbonyl (C=O) groups excluding carboxylic acids is 1. The Kier molecular flexibility index (Phi) is 4.94. The van der Waals surface area contributed by atoms with Gasteiger partial charge in [-0.3, -0.25) is 4.79 Å². The van der Waals surface area contributed by atoms with Crippen molar-refractivity contribution in [3.8, 4) is 11.6 Å². The highest BCUT2D eigenvalue weighted by atomic mass is 79.9. The number of amides is 1. The van der Waals surface area contributed by atoms with E-state index in [0.29, 0.717) is 23.6 Å². The van der Waals surface area contributed by atoms with Crippen LogP contribution >= 0.6 is 15.9 Å². The molecule has 2 heterocycles. The molecule has 1 aromatic carbocycles. The van der Waals surface area contributed by atoms with Crippen molar-refractivity contribution in [3.05, 3.63) is 52.6 Å². The molecule has 8 heteroatoms. The van der Waals surface area contributed by atoms with E-state index >= 15 is 0 Å². The van der Waals surface area contributed by atoms with Crippen LogP contribution in [-0.4, -0.2) is 47.8 Å². The maximum Gasteiger partial charge on any atom is 0.255 e. The van der Waals surface area contributed by atoms with E-state index < -0.39 is 9.84 Å². The second-order valence-corrected chi connectivity index (χ2v) is 10.1. The summed E-state index contributed by atoms with van der Waals surface area (Å²) >= 11 is 3.39. The topological polar surface area (TPSA) is 76.6 Å². The van der Waals surface area contributed by atoms with Crippen LogP contribution in [0.4, 0.5) is 0 Å². The first-order chi connectivity index (χ1) is 12.9. The second-order valence-electron chi connectivity index (χ2n) is 6.95. The fraction of sp³-hybridized carbons (Fsp3) is 0.368. The van der Waals surface area contributed by atoms with Crippen LogP contribution in [0.15, 0.2) is 47.1 Å². The van der Waals surface area contributed by atoms with Crippen molar-refractivity contribution in [2.45, 2.75) is 31.3 Å². The Labute approximate surface area is 166 Å². The lowest BCUT2D eigenvalue weighted by Crippen LogP contribution is -2.42. The fourth-order valence-corrected chi connectivity index (χ4v) is 5.43. The number of nitrogens with zero attached hydrogens (tertiary/aromatic N) is 2. The van der Waals surface area contributed by atoms with Crippen molar-refractivity contribution in [1.29, 1.82) is 0 Å². The Morgan fingerprint density at radius 3 is 2.56 bits per heavy atom. The molecule has 4 rings (SSSR count). The third-order valence-corrected chi connectivity index (χ3v) is 7.02. The van der Waals surface area contributed by atoms with E-state index in [0.717, 1.165) is 17.3 Å². The molecular formula is C19H19BrN2O4S. The van der Waals surface area contributed by atoms with Crippen LogP contribution in [0, 0.1) is 0 Å². The molecule has 0 radical (unpaired) electrons. The number of hydrogen-bond acceptors (Lipinski definition) is 5. The van der Waals surface area contributed by atoms with Gasteiger partial charge in [-0.25, -0.2) is 13.4 Å². The van der Waals surface area contributed by atoms with Crippen molar-refractivity contribution in [2.24, 2.45) is 0 Å². The number of pyridine rings is 1. The summed E-state index contributed by atoms with van der Waals surface area (Å²) in [5, 5.41) is 0. The zero-order chi connectivity index (χ0) is 19.0. The maximum absolute atomic E-state index is 13.0. The Bertz CT molecular complexity index is 958. The van der Waals surface area contributed by atoms with E-state index in [1.54, 1.807) is 17.0 Å². The molecule has 1 aliphatic heterocycles. The number of benzene rings is 1. The zero-order valence-electron chi connectivity index (χ0n) is 14.5. The summed E-state index contributed by atoms with van der Waals surface area (Å²) in [6.07, 6.45) is 3.87. The van der Waals surface area contributed by atoms with E-state index in [1.165, 1.54) is 6.20 Å². The standard InChI is InChI=1S/C19H19BrN2O4S/c20-14-2-1-3-17(10-14)26-18-7-4-13(11-21-18)19(23)22(15-5-6-15)16-8-9-27(24,25)12-16/h1-4,7,10-11,15-16H,5-6,8-9,12H2. The highest BCUT2D eigenvalue weighted by molar-refractivity contribution is 9.10. The molecule has 1 aliphatic carbocycles. The number of ether oxygens (including phenoxy) is 1. The largest absolute Gasteiger partial charge is 0.439 e. The molecule has 2 aliphatic rings. The van der Waals surface area contributed by atoms with E-state index in [4.69, 9.17) is 4.74 Å². The second kappa shape index (κ2) is 7.24. The maximum atomic E-state index is 13.0. The monoisotopic (exact) mass is 450 g/mol. The quantitative estimate of drug-likeness (QED) is 0.697. The molecule has 142 valence electrons. The minimum atomic E-state index is -3.04. The first-order valence-corrected chi connectivity index (χ1v) is 11.5. The van der Waals surface area contributed by atoms with E-state index in [-0.39, 0.29) is 29.5 Å². The minimum Gasteiger partial charge on any atom is -0.439 e. The molecule has 1 saturated carbocycles. The van der Waals surface area contributed by atoms with Crippen molar-refractivity contribution in [2.75, 3.05) is 11.5 Å². The molecule has 1 unspecified atom stereocenters. The van der Waals surface area contributed by atoms with Crippen LogP contribution in [0.3, 0.4) is 0 Å². The molecule has 2 aromatic rings. The molecular weight excluding hydrogens is 432 g/mol. The van der Waals surface area contributed by atoms with Crippen LogP contribution in [0.1, 0.15) is 29.6 Å². The number of halogens is 1. The van der Waals surface area contributed by atoms with Gasteiger partial charge < -0.3 is 9.64 Å². The Morgan fingerprint density at radius 2 is 1.96 bits per heavy atom. The average molecular weight is 451 g/mol. The van der Waals surface area contributed by atoms with Gasteiger partial charge in [0.05, 0.1) is 17.1 Å². The molecule has 1 atom stereocenters. The molecule has 0 N–H and O–H groups in total. The van der Waals surface area contributed by atoms with E-state index in [2.05, 4.69) is 20.9 Å². The van der Waals surface area contributed by atoms with Crippen LogP contribution in [0.5, 0.6) is 11.6 Å². The summed E-state index contributed by atoms with van der Waals surface area (Å²) in [6, 6.07) is 10.7. The molecule has 1 amide bonds. The van der Waals surface area contributed by atoms with E-state index in [9.17, 15) is 13.2 Å². The SMILES string of the molecule is O=C(c1ccc(Oc2cccc(Br)c2)nc1)N(C1CC1)C1CCS(=O)(=O)C1. The van der Waals surface area contributed by atoms with Crippen molar-refractivity contribution >= 4 is 31.7 Å². The van der Waals surface area contributed by atoms with Crippen LogP contribution in [-0.2, 0) is 9.84 Å². The summed E-state index contributed by atoms with van der Waals surface area (Å²) in [4.78, 5) is 19.0. The first-order valence-electron chi connectivity index (χ1n) is 8.84. The first kappa shape index (κ1) is 18.4. The summed E-state index contributed by atoms with van der Waals surface area (Å²) in [5.41, 5.74) is 0.452. The van der Waals surface area contributed by atoms with Gasteiger partial charge in [-0.1, -0.05) is 22.0 Å². The number of aromatic nitrogens is 1. The van der Waals surface area contributed by atoms with Gasteiger partial charge in [-0.15, -0.1) is 0 Å². The van der Waals surface area contributed by atoms with Gasteiger partial charge in [-0.05, 0) is 43.5 Å². The normalized spacial score (nSPS) is 21.0. The lowest BCUT2D eigenvalue weighted by atomic mass is 10.1. The van der Waals surface area contributed by atoms with Crippen LogP contribution < -0.4 is 4.74 Å². The summed E-state index contributed by atoms with van der Waals surface area (Å²) < 4.78 is 30.2. The number of carbonyl (C=O) groups is 1. The van der Waals surface area contributed by atoms with Gasteiger partial charge in [0.2, 0.25) is 5.88 Å². The summed E-state index contributed by atoms with van der Waals surface area (Å²) in [7, 11) is -3.04. The number of sulfone groups is 1. The Balaban J connectivity index is 1.49. The minimum absolute atomic E-state index is 0.0623. The average Bonchev–Trinajstić information content (AvgIpc) is 3.39. The number of rotatable bonds is 5. The third kappa shape index (κ3) is 4.32. The van der Waals surface area contributed by atoms with Gasteiger partial charge >= 0.3 is 0 Å². The van der Waals surface area contributed by atoms with Crippen molar-refractivity contribution in [1.82, 2.24) is 9.88 Å². The van der Waals surface area contributed by atoms with Gasteiger partial charge in [0, 0.05) is 28.8 Å². The molecule has 1 aromatic heterocycles. The van der Waals surface area contributed by atoms with Crippen molar-refractivity contribution < 1.29 is 17.9 Å². The van der Waals surface area contributed by atoms with E-state index in [1.807, 2.05) is 24.3 Å². The highest BCUT2D eigenvalue weighted by Gasteiger charge is 2.42. The summed E-state index contributed by atoms with van der Waals surface area (Å²) in [5.74, 6) is 1.11. The lowest BCUT2D eigenvalue weighted by molar-refractivity contribution is 0.0680. The third-order valence-electron chi connectivity index (χ3n) is 4.78. The molecule has 27 heavy (non-hydrogen) atoms. The zero-order valence-corrected chi connectivity index (χ0v) is 16.9. The van der Waals surface area contributed by atoms with Crippen molar-refractivity contribution in [3.63, 3.8) is 0 Å². The van der Waals surface area contributed by atoms with Gasteiger partial charge in [0.1, 0.15) is 5.75 Å². The fourth-order valence-electron chi connectivity index (χ4n) is 3.34. The smallest absolute Gasteiger partial charge is 0.255 e. The van der Waals surface area contributed by atoms with Crippen LogP contribution in [0.2, 0.25) is 0 Å². The molecule has 0 spiro atoms. The predicted octanol–water partition coefficient (Wildman–Crippen LogP) is 3.43. The van der Waals surface area contributed by atoms with Crippen LogP contribution in [0.25, 0.3) is 0 Å². The van der Waals surface area contributed by atoms with Gasteiger partial charge in [-0.2, -0.15) is 0 Å². The highest BCUT2D eigenvalue weighted by Crippen LogP contribution is 2.33. The van der Waals surface area contributed by atoms with Gasteiger partial charge in [0.15, 0.2) is 9.84 Å². The molecule has 6 nitrogen and oxygen atoms in total.